The number of methoxy groups -OCH3 is 1. The van der Waals surface area contributed by atoms with E-state index < -0.39 is 5.97 Å². The Morgan fingerprint density at radius 2 is 2.04 bits per heavy atom. The molecule has 6 heteroatoms. The number of carbonyl (C=O) groups excluding carboxylic acids is 1. The molecule has 2 aromatic carbocycles. The quantitative estimate of drug-likeness (QED) is 0.505. The van der Waals surface area contributed by atoms with Crippen LogP contribution < -0.4 is 0 Å². The van der Waals surface area contributed by atoms with Crippen molar-refractivity contribution in [3.05, 3.63) is 69.8 Å². The Labute approximate surface area is 149 Å². The zero-order chi connectivity index (χ0) is 17.1. The summed E-state index contributed by atoms with van der Waals surface area (Å²) in [6.45, 7) is 0.503. The third-order valence-corrected chi connectivity index (χ3v) is 4.19. The average Bonchev–Trinajstić information content (AvgIpc) is 2.93. The van der Waals surface area contributed by atoms with Crippen LogP contribution in [-0.4, -0.2) is 22.9 Å². The second kappa shape index (κ2) is 7.07. The summed E-state index contributed by atoms with van der Waals surface area (Å²) in [4.78, 5) is 11.3. The molecule has 0 amide bonds. The summed E-state index contributed by atoms with van der Waals surface area (Å²) in [5.41, 5.74) is 2.56. The number of hydrogen-bond donors (Lipinski definition) is 0. The van der Waals surface area contributed by atoms with Crippen LogP contribution in [0.25, 0.3) is 17.0 Å². The molecule has 0 fully saturated rings. The van der Waals surface area contributed by atoms with Crippen LogP contribution in [0.15, 0.2) is 48.5 Å². The van der Waals surface area contributed by atoms with E-state index >= 15 is 0 Å². The molecule has 24 heavy (non-hydrogen) atoms. The fraction of sp³-hybridized carbons (Fsp3) is 0.111. The molecule has 0 atom stereocenters. The normalized spacial score (nSPS) is 11.3. The maximum Gasteiger partial charge on any atom is 0.330 e. The van der Waals surface area contributed by atoms with E-state index in [0.717, 1.165) is 16.5 Å². The lowest BCUT2D eigenvalue weighted by atomic mass is 10.2. The maximum absolute atomic E-state index is 11.3. The van der Waals surface area contributed by atoms with Gasteiger partial charge >= 0.3 is 5.97 Å². The third-order valence-electron chi connectivity index (χ3n) is 3.60. The van der Waals surface area contributed by atoms with Crippen LogP contribution in [0.1, 0.15) is 11.3 Å². The van der Waals surface area contributed by atoms with Gasteiger partial charge in [0.1, 0.15) is 0 Å². The highest BCUT2D eigenvalue weighted by molar-refractivity contribution is 6.35. The molecule has 1 aromatic heterocycles. The summed E-state index contributed by atoms with van der Waals surface area (Å²) >= 11 is 12.2. The summed E-state index contributed by atoms with van der Waals surface area (Å²) in [5, 5.41) is 6.72. The predicted octanol–water partition coefficient (Wildman–Crippen LogP) is 4.58. The first kappa shape index (κ1) is 16.6. The molecule has 0 aliphatic heterocycles. The lowest BCUT2D eigenvalue weighted by Gasteiger charge is -2.06. The van der Waals surface area contributed by atoms with E-state index in [9.17, 15) is 4.79 Å². The molecule has 3 rings (SSSR count). The first-order valence-corrected chi connectivity index (χ1v) is 7.99. The van der Waals surface area contributed by atoms with Crippen LogP contribution in [0.2, 0.25) is 10.0 Å². The zero-order valence-electron chi connectivity index (χ0n) is 12.9. The number of para-hydroxylation sites is 1. The number of carbonyl (C=O) groups is 1. The highest BCUT2D eigenvalue weighted by Gasteiger charge is 2.10. The van der Waals surface area contributed by atoms with Crippen molar-refractivity contribution in [1.29, 1.82) is 0 Å². The Morgan fingerprint density at radius 1 is 1.25 bits per heavy atom. The molecule has 0 aliphatic rings. The first-order chi connectivity index (χ1) is 11.6. The molecule has 4 nitrogen and oxygen atoms in total. The van der Waals surface area contributed by atoms with Gasteiger partial charge < -0.3 is 4.74 Å². The van der Waals surface area contributed by atoms with Gasteiger partial charge in [-0.3, -0.25) is 4.68 Å². The van der Waals surface area contributed by atoms with Crippen molar-refractivity contribution in [2.45, 2.75) is 6.54 Å². The second-order valence-electron chi connectivity index (χ2n) is 5.15. The van der Waals surface area contributed by atoms with Crippen molar-refractivity contribution >= 4 is 46.2 Å². The Kier molecular flexibility index (Phi) is 4.88. The molecule has 0 spiro atoms. The molecular weight excluding hydrogens is 347 g/mol. The zero-order valence-corrected chi connectivity index (χ0v) is 14.4. The van der Waals surface area contributed by atoms with E-state index in [1.165, 1.54) is 13.2 Å². The first-order valence-electron chi connectivity index (χ1n) is 7.24. The number of fused-ring (bicyclic) bond motifs is 1. The van der Waals surface area contributed by atoms with E-state index in [4.69, 9.17) is 23.2 Å². The van der Waals surface area contributed by atoms with Gasteiger partial charge in [-0.2, -0.15) is 5.10 Å². The number of benzene rings is 2. The minimum absolute atomic E-state index is 0.422. The van der Waals surface area contributed by atoms with E-state index in [1.54, 1.807) is 18.2 Å². The summed E-state index contributed by atoms with van der Waals surface area (Å²) in [5.74, 6) is -0.422. The van der Waals surface area contributed by atoms with Crippen molar-refractivity contribution in [3.63, 3.8) is 0 Å². The number of rotatable bonds is 4. The van der Waals surface area contributed by atoms with Crippen LogP contribution in [-0.2, 0) is 16.1 Å². The van der Waals surface area contributed by atoms with Crippen LogP contribution in [0.5, 0.6) is 0 Å². The fourth-order valence-corrected chi connectivity index (χ4v) is 2.89. The van der Waals surface area contributed by atoms with Gasteiger partial charge in [-0.25, -0.2) is 4.79 Å². The minimum atomic E-state index is -0.422. The Morgan fingerprint density at radius 3 is 2.79 bits per heavy atom. The van der Waals surface area contributed by atoms with Crippen LogP contribution in [0.4, 0.5) is 0 Å². The molecule has 0 radical (unpaired) electrons. The topological polar surface area (TPSA) is 44.1 Å². The van der Waals surface area contributed by atoms with Crippen molar-refractivity contribution < 1.29 is 9.53 Å². The Hall–Kier alpha value is -2.30. The van der Waals surface area contributed by atoms with Gasteiger partial charge in [0.2, 0.25) is 0 Å². The van der Waals surface area contributed by atoms with Crippen molar-refractivity contribution in [3.8, 4) is 0 Å². The Bertz CT molecular complexity index is 932. The van der Waals surface area contributed by atoms with Gasteiger partial charge in [0.05, 0.1) is 24.9 Å². The van der Waals surface area contributed by atoms with E-state index in [1.807, 2.05) is 35.0 Å². The SMILES string of the molecule is COC(=O)C=Cc1nn(Cc2ccc(Cl)cc2Cl)c2ccccc12. The van der Waals surface area contributed by atoms with E-state index in [-0.39, 0.29) is 0 Å². The van der Waals surface area contributed by atoms with Gasteiger partial charge in [0.15, 0.2) is 0 Å². The number of halogens is 2. The van der Waals surface area contributed by atoms with Gasteiger partial charge in [0, 0.05) is 21.5 Å². The highest BCUT2D eigenvalue weighted by atomic mass is 35.5. The molecule has 0 saturated heterocycles. The molecule has 0 unspecified atom stereocenters. The second-order valence-corrected chi connectivity index (χ2v) is 6.00. The standard InChI is InChI=1S/C18H14Cl2N2O2/c1-24-18(23)9-8-16-14-4-2-3-5-17(14)22(21-16)11-12-6-7-13(19)10-15(12)20/h2-10H,11H2,1H3. The predicted molar refractivity (Wildman–Crippen MR) is 96.3 cm³/mol. The Balaban J connectivity index is 2.02. The van der Waals surface area contributed by atoms with E-state index in [0.29, 0.717) is 22.3 Å². The van der Waals surface area contributed by atoms with Crippen molar-refractivity contribution in [2.75, 3.05) is 7.11 Å². The summed E-state index contributed by atoms with van der Waals surface area (Å²) < 4.78 is 6.47. The maximum atomic E-state index is 11.3. The van der Waals surface area contributed by atoms with Crippen molar-refractivity contribution in [1.82, 2.24) is 9.78 Å². The third kappa shape index (κ3) is 3.45. The van der Waals surface area contributed by atoms with Gasteiger partial charge in [-0.1, -0.05) is 47.5 Å². The number of ether oxygens (including phenoxy) is 1. The molecule has 0 saturated carbocycles. The van der Waals surface area contributed by atoms with Crippen LogP contribution in [0.3, 0.4) is 0 Å². The van der Waals surface area contributed by atoms with Gasteiger partial charge in [-0.15, -0.1) is 0 Å². The highest BCUT2D eigenvalue weighted by Crippen LogP contribution is 2.25. The minimum Gasteiger partial charge on any atom is -0.466 e. The lowest BCUT2D eigenvalue weighted by Crippen LogP contribution is -2.02. The molecule has 0 aliphatic carbocycles. The lowest BCUT2D eigenvalue weighted by molar-refractivity contribution is -0.134. The van der Waals surface area contributed by atoms with Crippen LogP contribution in [0, 0.1) is 0 Å². The molecule has 122 valence electrons. The molecule has 3 aromatic rings. The summed E-state index contributed by atoms with van der Waals surface area (Å²) in [6.07, 6.45) is 3.00. The number of aromatic nitrogens is 2. The smallest absolute Gasteiger partial charge is 0.330 e. The van der Waals surface area contributed by atoms with E-state index in [2.05, 4.69) is 9.84 Å². The number of hydrogen-bond acceptors (Lipinski definition) is 3. The number of esters is 1. The van der Waals surface area contributed by atoms with Gasteiger partial charge in [0.25, 0.3) is 0 Å². The monoisotopic (exact) mass is 360 g/mol. The average molecular weight is 361 g/mol. The summed E-state index contributed by atoms with van der Waals surface area (Å²) in [7, 11) is 1.34. The van der Waals surface area contributed by atoms with Crippen LogP contribution >= 0.6 is 23.2 Å². The van der Waals surface area contributed by atoms with Gasteiger partial charge in [-0.05, 0) is 29.8 Å². The molecule has 1 heterocycles. The fourth-order valence-electron chi connectivity index (χ4n) is 2.42. The largest absolute Gasteiger partial charge is 0.466 e. The summed E-state index contributed by atoms with van der Waals surface area (Å²) in [6, 6.07) is 13.2. The number of nitrogens with zero attached hydrogens (tertiary/aromatic N) is 2. The molecular formula is C18H14Cl2N2O2. The molecule has 0 N–H and O–H groups in total. The van der Waals surface area contributed by atoms with Crippen molar-refractivity contribution in [2.24, 2.45) is 0 Å². The molecule has 0 bridgehead atoms.